The molecule has 0 aliphatic carbocycles. The summed E-state index contributed by atoms with van der Waals surface area (Å²) in [4.78, 5) is 17.1. The molecule has 6 heteroatoms. The van der Waals surface area contributed by atoms with Gasteiger partial charge in [-0.2, -0.15) is 0 Å². The second kappa shape index (κ2) is 7.75. The molecule has 4 nitrogen and oxygen atoms in total. The Morgan fingerprint density at radius 1 is 1.12 bits per heavy atom. The molecule has 0 bridgehead atoms. The second-order valence-electron chi connectivity index (χ2n) is 10.2. The van der Waals surface area contributed by atoms with Crippen LogP contribution in [0.2, 0.25) is 0 Å². The lowest BCUT2D eigenvalue weighted by Crippen LogP contribution is -2.49. The van der Waals surface area contributed by atoms with Gasteiger partial charge in [0.25, 0.3) is 0 Å². The molecule has 0 unspecified atom stereocenters. The van der Waals surface area contributed by atoms with E-state index in [2.05, 4.69) is 4.90 Å². The van der Waals surface area contributed by atoms with Gasteiger partial charge in [0.05, 0.1) is 0 Å². The minimum atomic E-state index is -0.831. The van der Waals surface area contributed by atoms with E-state index in [1.807, 2.05) is 32.9 Å². The van der Waals surface area contributed by atoms with E-state index in [0.717, 1.165) is 43.9 Å². The van der Waals surface area contributed by atoms with Gasteiger partial charge in [-0.1, -0.05) is 12.1 Å². The van der Waals surface area contributed by atoms with Gasteiger partial charge in [-0.3, -0.25) is 0 Å². The van der Waals surface area contributed by atoms with Gasteiger partial charge in [-0.05, 0) is 81.3 Å². The lowest BCUT2D eigenvalue weighted by atomic mass is 9.86. The van der Waals surface area contributed by atoms with E-state index in [1.165, 1.54) is 11.3 Å². The summed E-state index contributed by atoms with van der Waals surface area (Å²) in [6.07, 6.45) is 3.71. The molecule has 1 amide bonds. The van der Waals surface area contributed by atoms with Crippen molar-refractivity contribution in [3.63, 3.8) is 0 Å². The summed E-state index contributed by atoms with van der Waals surface area (Å²) in [6, 6.07) is 8.74. The molecule has 2 aromatic rings. The minimum Gasteiger partial charge on any atom is -0.444 e. The van der Waals surface area contributed by atoms with Crippen LogP contribution < -0.4 is 4.90 Å². The summed E-state index contributed by atoms with van der Waals surface area (Å²) in [5.41, 5.74) is 4.09. The summed E-state index contributed by atoms with van der Waals surface area (Å²) in [7, 11) is 0. The van der Waals surface area contributed by atoms with Crippen LogP contribution in [-0.2, 0) is 11.2 Å². The number of halogens is 2. The first-order chi connectivity index (χ1) is 15.2. The third-order valence-electron chi connectivity index (χ3n) is 6.89. The largest absolute Gasteiger partial charge is 0.444 e. The fourth-order valence-electron chi connectivity index (χ4n) is 5.58. The molecule has 3 aliphatic heterocycles. The van der Waals surface area contributed by atoms with Gasteiger partial charge in [0, 0.05) is 42.8 Å². The molecule has 0 saturated carbocycles. The number of carbonyl (C=O) groups excluding carboxylic acids is 1. The van der Waals surface area contributed by atoms with Crippen molar-refractivity contribution in [1.29, 1.82) is 0 Å². The van der Waals surface area contributed by atoms with Crippen molar-refractivity contribution in [3.05, 3.63) is 53.1 Å². The zero-order valence-electron chi connectivity index (χ0n) is 19.0. The van der Waals surface area contributed by atoms with Crippen molar-refractivity contribution < 1.29 is 18.3 Å². The van der Waals surface area contributed by atoms with Crippen molar-refractivity contribution in [2.75, 3.05) is 24.5 Å². The van der Waals surface area contributed by atoms with Crippen molar-refractivity contribution in [2.24, 2.45) is 0 Å². The molecule has 0 radical (unpaired) electrons. The maximum Gasteiger partial charge on any atom is 0.410 e. The van der Waals surface area contributed by atoms with Crippen LogP contribution in [0.15, 0.2) is 30.3 Å². The molecule has 32 heavy (non-hydrogen) atoms. The molecule has 0 N–H and O–H groups in total. The highest BCUT2D eigenvalue weighted by molar-refractivity contribution is 5.77. The quantitative estimate of drug-likeness (QED) is 0.555. The third-order valence-corrected chi connectivity index (χ3v) is 6.89. The van der Waals surface area contributed by atoms with Gasteiger partial charge in [-0.15, -0.1) is 0 Å². The predicted molar refractivity (Wildman–Crippen MR) is 121 cm³/mol. The molecule has 5 rings (SSSR count). The molecule has 0 aromatic heterocycles. The third kappa shape index (κ3) is 3.63. The average molecular weight is 441 g/mol. The van der Waals surface area contributed by atoms with E-state index in [4.69, 9.17) is 4.74 Å². The Kier molecular flexibility index (Phi) is 5.14. The Morgan fingerprint density at radius 2 is 1.94 bits per heavy atom. The number of piperidine rings is 1. The summed E-state index contributed by atoms with van der Waals surface area (Å²) < 4.78 is 34.2. The molecular weight excluding hydrogens is 410 g/mol. The highest BCUT2D eigenvalue weighted by Crippen LogP contribution is 2.49. The van der Waals surface area contributed by atoms with Crippen LogP contribution in [0.1, 0.15) is 57.1 Å². The fourth-order valence-corrected chi connectivity index (χ4v) is 5.58. The number of nitrogens with zero attached hydrogens (tertiary/aromatic N) is 2. The first-order valence-corrected chi connectivity index (χ1v) is 11.6. The van der Waals surface area contributed by atoms with Crippen LogP contribution in [0.25, 0.3) is 11.1 Å². The first-order valence-electron chi connectivity index (χ1n) is 11.6. The van der Waals surface area contributed by atoms with Crippen LogP contribution in [0, 0.1) is 11.6 Å². The molecule has 2 atom stereocenters. The number of likely N-dealkylation sites (tertiary alicyclic amines) is 1. The maximum absolute atomic E-state index is 14.6. The van der Waals surface area contributed by atoms with Gasteiger partial charge < -0.3 is 14.5 Å². The Bertz CT molecular complexity index is 1060. The number of rotatable bonds is 1. The maximum atomic E-state index is 14.6. The van der Waals surface area contributed by atoms with Crippen molar-refractivity contribution in [2.45, 2.75) is 64.0 Å². The summed E-state index contributed by atoms with van der Waals surface area (Å²) in [6.45, 7) is 7.88. The zero-order valence-corrected chi connectivity index (χ0v) is 19.0. The minimum absolute atomic E-state index is 0.139. The number of benzene rings is 2. The SMILES string of the molecule is CC(C)(C)OC(=O)N1CC[C@H]2[C@@H](C1)c1cc(-c3cccc(F)c3F)cc3c1N2CCCC3. The van der Waals surface area contributed by atoms with Crippen LogP contribution in [0.5, 0.6) is 0 Å². The zero-order chi connectivity index (χ0) is 22.6. The van der Waals surface area contributed by atoms with E-state index in [1.54, 1.807) is 17.0 Å². The van der Waals surface area contributed by atoms with E-state index >= 15 is 0 Å². The fraction of sp³-hybridized carbons (Fsp3) is 0.500. The van der Waals surface area contributed by atoms with Gasteiger partial charge in [0.15, 0.2) is 11.6 Å². The normalized spacial score (nSPS) is 22.3. The number of aryl methyl sites for hydroxylation is 1. The number of anilines is 1. The van der Waals surface area contributed by atoms with Crippen molar-refractivity contribution in [3.8, 4) is 11.1 Å². The first kappa shape index (κ1) is 21.2. The number of amides is 1. The van der Waals surface area contributed by atoms with Crippen LogP contribution >= 0.6 is 0 Å². The highest BCUT2D eigenvalue weighted by Gasteiger charge is 2.45. The molecule has 170 valence electrons. The predicted octanol–water partition coefficient (Wildman–Crippen LogP) is 5.88. The molecule has 0 spiro atoms. The van der Waals surface area contributed by atoms with Gasteiger partial charge in [0.1, 0.15) is 5.60 Å². The standard InChI is InChI=1S/C26H30F2N2O2/c1-26(2,3)32-25(31)29-12-10-22-20(15-29)19-14-17(18-8-6-9-21(27)23(18)28)13-16-7-4-5-11-30(22)24(16)19/h6,8-9,13-14,20,22H,4-5,7,10-12,15H2,1-3H3/t20-,22-/m0/s1. The smallest absolute Gasteiger partial charge is 0.410 e. The lowest BCUT2D eigenvalue weighted by molar-refractivity contribution is 0.0189. The van der Waals surface area contributed by atoms with E-state index in [9.17, 15) is 13.6 Å². The molecule has 3 heterocycles. The number of ether oxygens (including phenoxy) is 1. The van der Waals surface area contributed by atoms with Crippen molar-refractivity contribution in [1.82, 2.24) is 4.90 Å². The van der Waals surface area contributed by atoms with E-state index in [0.29, 0.717) is 30.3 Å². The summed E-state index contributed by atoms with van der Waals surface area (Å²) in [5, 5.41) is 0. The van der Waals surface area contributed by atoms with Crippen LogP contribution in [-0.4, -0.2) is 42.3 Å². The summed E-state index contributed by atoms with van der Waals surface area (Å²) >= 11 is 0. The Labute approximate surface area is 188 Å². The Hall–Kier alpha value is -2.63. The topological polar surface area (TPSA) is 32.8 Å². The number of fused-ring (bicyclic) bond motifs is 3. The van der Waals surface area contributed by atoms with E-state index < -0.39 is 17.2 Å². The number of hydrogen-bond donors (Lipinski definition) is 0. The molecular formula is C26H30F2N2O2. The van der Waals surface area contributed by atoms with Crippen LogP contribution in [0.3, 0.4) is 0 Å². The van der Waals surface area contributed by atoms with Gasteiger partial charge in [0.2, 0.25) is 0 Å². The highest BCUT2D eigenvalue weighted by atomic mass is 19.2. The van der Waals surface area contributed by atoms with E-state index in [-0.39, 0.29) is 12.0 Å². The summed E-state index contributed by atoms with van der Waals surface area (Å²) in [5.74, 6) is -1.50. The van der Waals surface area contributed by atoms with Gasteiger partial charge >= 0.3 is 6.09 Å². The average Bonchev–Trinajstić information content (AvgIpc) is 2.89. The van der Waals surface area contributed by atoms with Crippen LogP contribution in [0.4, 0.5) is 19.3 Å². The lowest BCUT2D eigenvalue weighted by Gasteiger charge is -2.39. The Morgan fingerprint density at radius 3 is 2.72 bits per heavy atom. The number of hydrogen-bond acceptors (Lipinski definition) is 3. The monoisotopic (exact) mass is 440 g/mol. The molecule has 2 aromatic carbocycles. The van der Waals surface area contributed by atoms with Crippen molar-refractivity contribution >= 4 is 11.8 Å². The van der Waals surface area contributed by atoms with Gasteiger partial charge in [-0.25, -0.2) is 13.6 Å². The number of carbonyl (C=O) groups is 1. The molecule has 1 saturated heterocycles. The molecule has 3 aliphatic rings. The second-order valence-corrected chi connectivity index (χ2v) is 10.2. The Balaban J connectivity index is 1.56. The molecule has 1 fully saturated rings.